The maximum Gasteiger partial charge on any atom is 0.278 e. The molecule has 0 atom stereocenters. The average Bonchev–Trinajstić information content (AvgIpc) is 3.78. The molecule has 0 fully saturated rings. The van der Waals surface area contributed by atoms with Gasteiger partial charge in [-0.25, -0.2) is 9.67 Å². The lowest BCUT2D eigenvalue weighted by Gasteiger charge is -2.36. The Bertz CT molecular complexity index is 2050. The van der Waals surface area contributed by atoms with Crippen LogP contribution in [0, 0.1) is 0 Å². The number of rotatable bonds is 11. The summed E-state index contributed by atoms with van der Waals surface area (Å²) in [5.74, 6) is 1.49. The Morgan fingerprint density at radius 3 is 1.76 bits per heavy atom. The van der Waals surface area contributed by atoms with Crippen LogP contribution in [-0.2, 0) is 16.9 Å². The van der Waals surface area contributed by atoms with E-state index in [2.05, 4.69) is 121 Å². The van der Waals surface area contributed by atoms with E-state index in [1.54, 1.807) is 0 Å². The molecule has 7 heteroatoms. The minimum atomic E-state index is -0.858. The van der Waals surface area contributed by atoms with E-state index in [1.165, 1.54) is 0 Å². The molecule has 50 heavy (non-hydrogen) atoms. The topological polar surface area (TPSA) is 76.3 Å². The largest absolute Gasteiger partial charge is 0.290 e. The molecule has 0 N–H and O–H groups in total. The number of amidine groups is 1. The molecule has 0 saturated carbocycles. The first-order valence-corrected chi connectivity index (χ1v) is 17.2. The molecule has 2 heterocycles. The average molecular weight is 657 g/mol. The number of amides is 1. The molecule has 6 aromatic rings. The molecule has 1 aromatic heterocycles. The van der Waals surface area contributed by atoms with Crippen molar-refractivity contribution < 1.29 is 4.79 Å². The van der Waals surface area contributed by atoms with Crippen LogP contribution in [0.5, 0.6) is 0 Å². The van der Waals surface area contributed by atoms with E-state index >= 15 is 0 Å². The third-order valence-corrected chi connectivity index (χ3v) is 9.36. The lowest BCUT2D eigenvalue weighted by atomic mass is 9.77. The summed E-state index contributed by atoms with van der Waals surface area (Å²) in [4.78, 5) is 19.9. The summed E-state index contributed by atoms with van der Waals surface area (Å²) in [7, 11) is 0. The highest BCUT2D eigenvalue weighted by Gasteiger charge is 2.42. The molecule has 248 valence electrons. The van der Waals surface area contributed by atoms with Crippen molar-refractivity contribution in [1.29, 1.82) is 0 Å². The van der Waals surface area contributed by atoms with Crippen LogP contribution >= 0.6 is 0 Å². The Morgan fingerprint density at radius 2 is 1.22 bits per heavy atom. The van der Waals surface area contributed by atoms with Crippen molar-refractivity contribution in [2.75, 3.05) is 0 Å². The Morgan fingerprint density at radius 1 is 0.680 bits per heavy atom. The fraction of sp³-hybridized carbons (Fsp3) is 0.186. The highest BCUT2D eigenvalue weighted by Crippen LogP contribution is 2.43. The molecule has 0 radical (unpaired) electrons. The first-order chi connectivity index (χ1) is 24.5. The molecule has 0 spiro atoms. The van der Waals surface area contributed by atoms with Crippen molar-refractivity contribution >= 4 is 11.7 Å². The van der Waals surface area contributed by atoms with Gasteiger partial charge in [-0.2, -0.15) is 0 Å². The number of allylic oxidation sites excluding steroid dienone is 1. The zero-order chi connectivity index (χ0) is 34.5. The van der Waals surface area contributed by atoms with E-state index in [-0.39, 0.29) is 5.91 Å². The summed E-state index contributed by atoms with van der Waals surface area (Å²) >= 11 is 0. The van der Waals surface area contributed by atoms with Gasteiger partial charge in [0.1, 0.15) is 17.1 Å². The predicted molar refractivity (Wildman–Crippen MR) is 199 cm³/mol. The van der Waals surface area contributed by atoms with Crippen LogP contribution < -0.4 is 0 Å². The van der Waals surface area contributed by atoms with Crippen LogP contribution in [-0.4, -0.2) is 36.8 Å². The van der Waals surface area contributed by atoms with E-state index in [4.69, 9.17) is 15.3 Å². The summed E-state index contributed by atoms with van der Waals surface area (Å²) in [6.07, 6.45) is 2.83. The molecular weight excluding hydrogens is 617 g/mol. The maximum atomic E-state index is 13.3. The number of tetrazole rings is 1. The standard InChI is InChI=1S/C43H40N6O/c1-4-5-25-39-44-40(31(2)3)42(50)48(39)30-32-26-28-33(29-27-32)37-23-15-16-24-38(37)41-45-46-47-49(41)43(34-17-9-6-10-18-34,35-19-11-7-12-20-35)36-21-13-8-14-22-36/h6-24,26-29H,4-5,25,30H2,1-3H3. The lowest BCUT2D eigenvalue weighted by molar-refractivity contribution is -0.123. The predicted octanol–water partition coefficient (Wildman–Crippen LogP) is 9.07. The second kappa shape index (κ2) is 14.3. The maximum absolute atomic E-state index is 13.3. The van der Waals surface area contributed by atoms with Gasteiger partial charge in [-0.15, -0.1) is 5.10 Å². The van der Waals surface area contributed by atoms with Crippen LogP contribution in [0.3, 0.4) is 0 Å². The third kappa shape index (κ3) is 5.96. The quantitative estimate of drug-likeness (QED) is 0.103. The molecule has 0 unspecified atom stereocenters. The van der Waals surface area contributed by atoms with Crippen LogP contribution in [0.25, 0.3) is 22.5 Å². The smallest absolute Gasteiger partial charge is 0.278 e. The van der Waals surface area contributed by atoms with E-state index in [0.29, 0.717) is 18.1 Å². The summed E-state index contributed by atoms with van der Waals surface area (Å²) in [6, 6.07) is 48.0. The highest BCUT2D eigenvalue weighted by molar-refractivity contribution is 6.12. The molecule has 7 rings (SSSR count). The number of nitrogens with zero attached hydrogens (tertiary/aromatic N) is 6. The lowest BCUT2D eigenvalue weighted by Crippen LogP contribution is -2.39. The van der Waals surface area contributed by atoms with E-state index in [0.717, 1.165) is 69.6 Å². The first-order valence-electron chi connectivity index (χ1n) is 17.2. The number of hydrogen-bond acceptors (Lipinski definition) is 5. The minimum Gasteiger partial charge on any atom is -0.290 e. The van der Waals surface area contributed by atoms with Gasteiger partial charge in [-0.1, -0.05) is 153 Å². The van der Waals surface area contributed by atoms with Gasteiger partial charge in [-0.05, 0) is 69.6 Å². The first kappa shape index (κ1) is 32.6. The fourth-order valence-electron chi connectivity index (χ4n) is 6.88. The monoisotopic (exact) mass is 656 g/mol. The number of carbonyl (C=O) groups excluding carboxylic acids is 1. The molecule has 7 nitrogen and oxygen atoms in total. The number of hydrogen-bond donors (Lipinski definition) is 0. The Hall–Kier alpha value is -5.95. The Labute approximate surface area is 293 Å². The van der Waals surface area contributed by atoms with Gasteiger partial charge in [0.15, 0.2) is 5.82 Å². The van der Waals surface area contributed by atoms with Crippen LogP contribution in [0.1, 0.15) is 62.3 Å². The van der Waals surface area contributed by atoms with E-state index in [9.17, 15) is 4.79 Å². The summed E-state index contributed by atoms with van der Waals surface area (Å²) in [5.41, 5.74) is 7.77. The number of aliphatic imine (C=N–C) groups is 1. The SMILES string of the molecule is CCCCC1=NC(=C(C)C)C(=O)N1Cc1ccc(-c2ccccc2-c2nnnn2C(c2ccccc2)(c2ccccc2)c2ccccc2)cc1. The van der Waals surface area contributed by atoms with E-state index in [1.807, 2.05) is 53.8 Å². The number of benzene rings is 5. The fourth-order valence-corrected chi connectivity index (χ4v) is 6.88. The molecule has 5 aromatic carbocycles. The molecule has 1 aliphatic rings. The molecule has 1 aliphatic heterocycles. The molecular formula is C43H40N6O. The Kier molecular flexibility index (Phi) is 9.30. The molecule has 0 aliphatic carbocycles. The Balaban J connectivity index is 1.31. The second-order valence-corrected chi connectivity index (χ2v) is 12.8. The second-order valence-electron chi connectivity index (χ2n) is 12.8. The van der Waals surface area contributed by atoms with Crippen molar-refractivity contribution in [3.05, 3.63) is 173 Å². The number of unbranched alkanes of at least 4 members (excludes halogenated alkanes) is 1. The van der Waals surface area contributed by atoms with Crippen molar-refractivity contribution in [3.8, 4) is 22.5 Å². The zero-order valence-corrected chi connectivity index (χ0v) is 28.7. The van der Waals surface area contributed by atoms with Crippen LogP contribution in [0.15, 0.2) is 156 Å². The van der Waals surface area contributed by atoms with Crippen molar-refractivity contribution in [1.82, 2.24) is 25.1 Å². The third-order valence-electron chi connectivity index (χ3n) is 9.36. The molecule has 0 saturated heterocycles. The van der Waals surface area contributed by atoms with Crippen LogP contribution in [0.4, 0.5) is 0 Å². The highest BCUT2D eigenvalue weighted by atomic mass is 16.2. The zero-order valence-electron chi connectivity index (χ0n) is 28.7. The van der Waals surface area contributed by atoms with Gasteiger partial charge >= 0.3 is 0 Å². The number of carbonyl (C=O) groups is 1. The van der Waals surface area contributed by atoms with Crippen molar-refractivity contribution in [2.24, 2.45) is 4.99 Å². The summed E-state index contributed by atoms with van der Waals surface area (Å²) in [5, 5.41) is 13.8. The molecule has 0 bridgehead atoms. The van der Waals surface area contributed by atoms with Crippen LogP contribution in [0.2, 0.25) is 0 Å². The minimum absolute atomic E-state index is 0.0175. The van der Waals surface area contributed by atoms with Gasteiger partial charge in [0, 0.05) is 12.0 Å². The normalized spacial score (nSPS) is 13.1. The number of aromatic nitrogens is 4. The van der Waals surface area contributed by atoms with Gasteiger partial charge in [-0.3, -0.25) is 9.69 Å². The van der Waals surface area contributed by atoms with Gasteiger partial charge in [0.25, 0.3) is 5.91 Å². The summed E-state index contributed by atoms with van der Waals surface area (Å²) < 4.78 is 1.97. The molecule has 1 amide bonds. The van der Waals surface area contributed by atoms with Crippen molar-refractivity contribution in [3.63, 3.8) is 0 Å². The van der Waals surface area contributed by atoms with Gasteiger partial charge in [0.05, 0.1) is 6.54 Å². The van der Waals surface area contributed by atoms with Gasteiger partial charge in [0.2, 0.25) is 0 Å². The summed E-state index contributed by atoms with van der Waals surface area (Å²) in [6.45, 7) is 6.53. The van der Waals surface area contributed by atoms with Gasteiger partial charge < -0.3 is 0 Å². The van der Waals surface area contributed by atoms with E-state index < -0.39 is 5.54 Å². The van der Waals surface area contributed by atoms with Crippen molar-refractivity contribution in [2.45, 2.75) is 52.1 Å².